The van der Waals surface area contributed by atoms with E-state index in [1.165, 1.54) is 23.9 Å². The maximum Gasteiger partial charge on any atom is 0.230 e. The summed E-state index contributed by atoms with van der Waals surface area (Å²) in [6, 6.07) is 6.47. The number of benzene rings is 2. The number of hydrogen-bond acceptors (Lipinski definition) is 3. The zero-order valence-electron chi connectivity index (χ0n) is 14.7. The first-order valence-electron chi connectivity index (χ1n) is 8.06. The monoisotopic (exact) mass is 415 g/mol. The van der Waals surface area contributed by atoms with E-state index in [0.717, 1.165) is 4.90 Å². The molecule has 0 fully saturated rings. The molecular formula is C19H20Cl2FNO2S. The van der Waals surface area contributed by atoms with Crippen molar-refractivity contribution < 1.29 is 14.3 Å². The maximum absolute atomic E-state index is 14.8. The van der Waals surface area contributed by atoms with E-state index in [-0.39, 0.29) is 35.3 Å². The lowest BCUT2D eigenvalue weighted by Gasteiger charge is -2.15. The van der Waals surface area contributed by atoms with Gasteiger partial charge in [-0.1, -0.05) is 43.1 Å². The molecule has 2 aromatic rings. The van der Waals surface area contributed by atoms with Crippen LogP contribution in [0.4, 0.5) is 4.39 Å². The summed E-state index contributed by atoms with van der Waals surface area (Å²) in [4.78, 5) is 12.1. The maximum atomic E-state index is 14.8. The molecule has 1 amide bonds. The molecule has 0 aliphatic rings. The molecule has 7 heteroatoms. The predicted octanol–water partition coefficient (Wildman–Crippen LogP) is 5.39. The molecule has 0 bridgehead atoms. The van der Waals surface area contributed by atoms with Gasteiger partial charge < -0.3 is 10.4 Å². The van der Waals surface area contributed by atoms with Crippen molar-refractivity contribution in [1.29, 1.82) is 0 Å². The number of halogens is 3. The zero-order chi connectivity index (χ0) is 19.4. The lowest BCUT2D eigenvalue weighted by Crippen LogP contribution is -2.19. The van der Waals surface area contributed by atoms with Crippen molar-refractivity contribution in [2.45, 2.75) is 31.1 Å². The minimum atomic E-state index is -0.440. The fourth-order valence-corrected chi connectivity index (χ4v) is 4.15. The number of aromatic hydroxyl groups is 1. The normalized spacial score (nSPS) is 11.0. The molecule has 0 aliphatic carbocycles. The van der Waals surface area contributed by atoms with Crippen LogP contribution in [0.2, 0.25) is 10.0 Å². The van der Waals surface area contributed by atoms with Crippen molar-refractivity contribution in [3.8, 4) is 5.75 Å². The van der Waals surface area contributed by atoms with E-state index >= 15 is 0 Å². The number of hydrogen-bond donors (Lipinski definition) is 2. The Morgan fingerprint density at radius 3 is 2.42 bits per heavy atom. The molecule has 140 valence electrons. The standard InChI is InChI=1S/C19H20Cl2FNO2S/c1-10(2)18-16(24)5-4-11(19(18)22)6-13-14(20)7-12(8-15(13)21)26-9-17(25)23-3/h4-5,7-8,10,24H,6,9H2,1-3H3,(H,23,25). The third kappa shape index (κ3) is 4.84. The van der Waals surface area contributed by atoms with Gasteiger partial charge in [-0.05, 0) is 35.2 Å². The molecule has 0 radical (unpaired) electrons. The number of phenolic OH excluding ortho intramolecular Hbond substituents is 1. The van der Waals surface area contributed by atoms with E-state index < -0.39 is 5.82 Å². The van der Waals surface area contributed by atoms with Crippen molar-refractivity contribution in [2.75, 3.05) is 12.8 Å². The summed E-state index contributed by atoms with van der Waals surface area (Å²) < 4.78 is 14.8. The van der Waals surface area contributed by atoms with E-state index in [1.807, 2.05) is 13.8 Å². The molecule has 0 aliphatic heterocycles. The van der Waals surface area contributed by atoms with Gasteiger partial charge in [-0.15, -0.1) is 11.8 Å². The Morgan fingerprint density at radius 2 is 1.88 bits per heavy atom. The molecule has 2 rings (SSSR count). The highest BCUT2D eigenvalue weighted by Crippen LogP contribution is 2.35. The fraction of sp³-hybridized carbons (Fsp3) is 0.316. The average Bonchev–Trinajstić information content (AvgIpc) is 2.57. The van der Waals surface area contributed by atoms with Crippen molar-refractivity contribution in [3.63, 3.8) is 0 Å². The van der Waals surface area contributed by atoms with Gasteiger partial charge in [0.15, 0.2) is 0 Å². The highest BCUT2D eigenvalue weighted by molar-refractivity contribution is 8.00. The number of carbonyl (C=O) groups is 1. The van der Waals surface area contributed by atoms with E-state index in [9.17, 15) is 14.3 Å². The van der Waals surface area contributed by atoms with E-state index in [4.69, 9.17) is 23.2 Å². The Hall–Kier alpha value is -1.43. The Kier molecular flexibility index (Phi) is 7.21. The second-order valence-electron chi connectivity index (χ2n) is 6.13. The first-order valence-corrected chi connectivity index (χ1v) is 9.80. The molecule has 0 saturated carbocycles. The van der Waals surface area contributed by atoms with Crippen LogP contribution >= 0.6 is 35.0 Å². The van der Waals surface area contributed by atoms with Crippen molar-refractivity contribution in [3.05, 3.63) is 56.8 Å². The lowest BCUT2D eigenvalue weighted by molar-refractivity contribution is -0.118. The van der Waals surface area contributed by atoms with Gasteiger partial charge in [-0.2, -0.15) is 0 Å². The second-order valence-corrected chi connectivity index (χ2v) is 7.99. The van der Waals surface area contributed by atoms with E-state index in [1.54, 1.807) is 19.2 Å². The Bertz CT molecular complexity index is 804. The number of phenols is 1. The molecule has 0 spiro atoms. The molecule has 2 N–H and O–H groups in total. The van der Waals surface area contributed by atoms with Crippen LogP contribution in [0.25, 0.3) is 0 Å². The van der Waals surface area contributed by atoms with Gasteiger partial charge in [0.05, 0.1) is 5.75 Å². The average molecular weight is 416 g/mol. The summed E-state index contributed by atoms with van der Waals surface area (Å²) >= 11 is 14.0. The van der Waals surface area contributed by atoms with Gasteiger partial charge >= 0.3 is 0 Å². The number of thioether (sulfide) groups is 1. The van der Waals surface area contributed by atoms with Crippen LogP contribution in [0.1, 0.15) is 36.5 Å². The smallest absolute Gasteiger partial charge is 0.230 e. The first kappa shape index (κ1) is 20.9. The van der Waals surface area contributed by atoms with Crippen molar-refractivity contribution in [1.82, 2.24) is 5.32 Å². The van der Waals surface area contributed by atoms with Crippen molar-refractivity contribution in [2.24, 2.45) is 0 Å². The summed E-state index contributed by atoms with van der Waals surface area (Å²) in [5.41, 5.74) is 1.31. The number of carbonyl (C=O) groups excluding carboxylic acids is 1. The van der Waals surface area contributed by atoms with Crippen LogP contribution in [0.15, 0.2) is 29.2 Å². The Labute approximate surface area is 166 Å². The van der Waals surface area contributed by atoms with Gasteiger partial charge in [0.1, 0.15) is 11.6 Å². The molecule has 0 atom stereocenters. The minimum Gasteiger partial charge on any atom is -0.508 e. The third-order valence-corrected chi connectivity index (χ3v) is 5.59. The molecule has 2 aromatic carbocycles. The first-order chi connectivity index (χ1) is 12.2. The number of nitrogens with one attached hydrogen (secondary N) is 1. The molecule has 26 heavy (non-hydrogen) atoms. The van der Waals surface area contributed by atoms with Crippen LogP contribution < -0.4 is 5.32 Å². The third-order valence-electron chi connectivity index (χ3n) is 3.94. The van der Waals surface area contributed by atoms with Gasteiger partial charge in [-0.25, -0.2) is 4.39 Å². The Balaban J connectivity index is 2.31. The van der Waals surface area contributed by atoms with Gasteiger partial charge in [0, 0.05) is 34.0 Å². The SMILES string of the molecule is CNC(=O)CSc1cc(Cl)c(Cc2ccc(O)c(C(C)C)c2F)c(Cl)c1. The molecule has 3 nitrogen and oxygen atoms in total. The van der Waals surface area contributed by atoms with E-state index in [0.29, 0.717) is 21.2 Å². The molecule has 0 aromatic heterocycles. The second kappa shape index (κ2) is 8.98. The van der Waals surface area contributed by atoms with Crippen LogP contribution in [0.3, 0.4) is 0 Å². The molecule has 0 saturated heterocycles. The lowest BCUT2D eigenvalue weighted by atomic mass is 9.95. The quantitative estimate of drug-likeness (QED) is 0.621. The van der Waals surface area contributed by atoms with Crippen LogP contribution in [-0.4, -0.2) is 23.8 Å². The highest BCUT2D eigenvalue weighted by atomic mass is 35.5. The topological polar surface area (TPSA) is 49.3 Å². The van der Waals surface area contributed by atoms with E-state index in [2.05, 4.69) is 5.32 Å². The van der Waals surface area contributed by atoms with Gasteiger partial charge in [0.25, 0.3) is 0 Å². The predicted molar refractivity (Wildman–Crippen MR) is 106 cm³/mol. The van der Waals surface area contributed by atoms with Crippen LogP contribution in [0, 0.1) is 5.82 Å². The van der Waals surface area contributed by atoms with Crippen LogP contribution in [0.5, 0.6) is 5.75 Å². The van der Waals surface area contributed by atoms with Gasteiger partial charge in [-0.3, -0.25) is 4.79 Å². The summed E-state index contributed by atoms with van der Waals surface area (Å²) in [6.07, 6.45) is 0.212. The number of rotatable bonds is 6. The summed E-state index contributed by atoms with van der Waals surface area (Å²) in [5, 5.41) is 13.3. The number of amides is 1. The zero-order valence-corrected chi connectivity index (χ0v) is 17.0. The van der Waals surface area contributed by atoms with Crippen molar-refractivity contribution >= 4 is 40.9 Å². The van der Waals surface area contributed by atoms with Crippen LogP contribution in [-0.2, 0) is 11.2 Å². The Morgan fingerprint density at radius 1 is 1.27 bits per heavy atom. The molecular weight excluding hydrogens is 396 g/mol. The molecule has 0 heterocycles. The summed E-state index contributed by atoms with van der Waals surface area (Å²) in [6.45, 7) is 3.64. The molecule has 0 unspecified atom stereocenters. The fourth-order valence-electron chi connectivity index (χ4n) is 2.56. The largest absolute Gasteiger partial charge is 0.508 e. The van der Waals surface area contributed by atoms with Gasteiger partial charge in [0.2, 0.25) is 5.91 Å². The minimum absolute atomic E-state index is 0.0561. The summed E-state index contributed by atoms with van der Waals surface area (Å²) in [7, 11) is 1.57. The summed E-state index contributed by atoms with van der Waals surface area (Å²) in [5.74, 6) is -0.486. The highest BCUT2D eigenvalue weighted by Gasteiger charge is 2.18.